The van der Waals surface area contributed by atoms with Crippen LogP contribution in [-0.2, 0) is 6.42 Å². The standard InChI is InChI=1S/C15H16N4O/c1-2-6-12(7-3-1)16-10-5-9-14-18-15(19-20-14)13-8-4-11-17-13/h1-4,6-8,11,16-17H,5,9-10H2. The molecule has 0 aliphatic carbocycles. The summed E-state index contributed by atoms with van der Waals surface area (Å²) in [6.45, 7) is 0.879. The van der Waals surface area contributed by atoms with E-state index in [0.717, 1.165) is 30.8 Å². The minimum Gasteiger partial charge on any atom is -0.385 e. The van der Waals surface area contributed by atoms with Gasteiger partial charge in [-0.05, 0) is 30.7 Å². The summed E-state index contributed by atoms with van der Waals surface area (Å²) in [5.74, 6) is 1.28. The summed E-state index contributed by atoms with van der Waals surface area (Å²) < 4.78 is 5.23. The van der Waals surface area contributed by atoms with E-state index in [4.69, 9.17) is 4.52 Å². The Morgan fingerprint density at radius 3 is 2.80 bits per heavy atom. The number of aryl methyl sites for hydroxylation is 1. The molecule has 1 aromatic carbocycles. The lowest BCUT2D eigenvalue weighted by Crippen LogP contribution is -2.02. The van der Waals surface area contributed by atoms with Gasteiger partial charge in [-0.15, -0.1) is 0 Å². The molecule has 0 amide bonds. The molecule has 0 aliphatic rings. The molecule has 0 aliphatic heterocycles. The topological polar surface area (TPSA) is 66.7 Å². The van der Waals surface area contributed by atoms with Crippen LogP contribution in [0.1, 0.15) is 12.3 Å². The molecule has 0 atom stereocenters. The molecule has 3 aromatic rings. The van der Waals surface area contributed by atoms with Crippen LogP contribution in [0.15, 0.2) is 53.2 Å². The van der Waals surface area contributed by atoms with Gasteiger partial charge in [-0.3, -0.25) is 0 Å². The Hall–Kier alpha value is -2.56. The highest BCUT2D eigenvalue weighted by Gasteiger charge is 2.08. The van der Waals surface area contributed by atoms with Crippen LogP contribution >= 0.6 is 0 Å². The highest BCUT2D eigenvalue weighted by molar-refractivity contribution is 5.47. The third-order valence-corrected chi connectivity index (χ3v) is 2.98. The second-order valence-electron chi connectivity index (χ2n) is 4.49. The van der Waals surface area contributed by atoms with Gasteiger partial charge in [0.05, 0.1) is 5.69 Å². The molecule has 0 fully saturated rings. The minimum absolute atomic E-state index is 0.612. The van der Waals surface area contributed by atoms with Gasteiger partial charge in [-0.2, -0.15) is 4.98 Å². The van der Waals surface area contributed by atoms with Crippen LogP contribution in [0.4, 0.5) is 5.69 Å². The number of hydrogen-bond acceptors (Lipinski definition) is 4. The molecule has 0 bridgehead atoms. The SMILES string of the molecule is c1ccc(NCCCc2nc(-c3ccc[nH]3)no2)cc1. The van der Waals surface area contributed by atoms with Gasteiger partial charge in [0.15, 0.2) is 0 Å². The van der Waals surface area contributed by atoms with Crippen LogP contribution in [0.2, 0.25) is 0 Å². The summed E-state index contributed by atoms with van der Waals surface area (Å²) >= 11 is 0. The monoisotopic (exact) mass is 268 g/mol. The molecule has 0 radical (unpaired) electrons. The molecule has 0 saturated carbocycles. The Morgan fingerprint density at radius 1 is 1.10 bits per heavy atom. The predicted octanol–water partition coefficient (Wildman–Crippen LogP) is 3.11. The van der Waals surface area contributed by atoms with Gasteiger partial charge >= 0.3 is 0 Å². The Morgan fingerprint density at radius 2 is 2.00 bits per heavy atom. The summed E-state index contributed by atoms with van der Waals surface area (Å²) in [5, 5.41) is 7.31. The number of benzene rings is 1. The molecule has 2 N–H and O–H groups in total. The second kappa shape index (κ2) is 6.06. The normalized spacial score (nSPS) is 10.6. The summed E-state index contributed by atoms with van der Waals surface area (Å²) in [6.07, 6.45) is 3.56. The van der Waals surface area contributed by atoms with E-state index in [9.17, 15) is 0 Å². The van der Waals surface area contributed by atoms with Crippen LogP contribution < -0.4 is 5.32 Å². The van der Waals surface area contributed by atoms with E-state index in [1.165, 1.54) is 0 Å². The van der Waals surface area contributed by atoms with Crippen LogP contribution in [0.3, 0.4) is 0 Å². The molecule has 0 unspecified atom stereocenters. The second-order valence-corrected chi connectivity index (χ2v) is 4.49. The first-order chi connectivity index (χ1) is 9.92. The number of anilines is 1. The highest BCUT2D eigenvalue weighted by Crippen LogP contribution is 2.13. The van der Waals surface area contributed by atoms with Crippen molar-refractivity contribution in [1.29, 1.82) is 0 Å². The summed E-state index contributed by atoms with van der Waals surface area (Å²) in [5.41, 5.74) is 2.01. The maximum absolute atomic E-state index is 5.23. The third kappa shape index (κ3) is 3.06. The van der Waals surface area contributed by atoms with Crippen molar-refractivity contribution < 1.29 is 4.52 Å². The number of aromatic amines is 1. The Kier molecular flexibility index (Phi) is 3.78. The predicted molar refractivity (Wildman–Crippen MR) is 77.3 cm³/mol. The number of rotatable bonds is 6. The maximum atomic E-state index is 5.23. The van der Waals surface area contributed by atoms with Crippen LogP contribution in [-0.4, -0.2) is 21.7 Å². The van der Waals surface area contributed by atoms with Crippen molar-refractivity contribution in [2.24, 2.45) is 0 Å². The molecule has 2 aromatic heterocycles. The van der Waals surface area contributed by atoms with Gasteiger partial charge < -0.3 is 14.8 Å². The van der Waals surface area contributed by atoms with Crippen molar-refractivity contribution in [3.8, 4) is 11.5 Å². The lowest BCUT2D eigenvalue weighted by Gasteiger charge is -2.03. The van der Waals surface area contributed by atoms with Gasteiger partial charge in [-0.25, -0.2) is 0 Å². The van der Waals surface area contributed by atoms with E-state index in [0.29, 0.717) is 11.7 Å². The summed E-state index contributed by atoms with van der Waals surface area (Å²) in [7, 11) is 0. The summed E-state index contributed by atoms with van der Waals surface area (Å²) in [4.78, 5) is 7.42. The highest BCUT2D eigenvalue weighted by atomic mass is 16.5. The Balaban J connectivity index is 1.47. The molecule has 2 heterocycles. The Labute approximate surface area is 117 Å². The first-order valence-corrected chi connectivity index (χ1v) is 6.67. The van der Waals surface area contributed by atoms with Crippen LogP contribution in [0, 0.1) is 0 Å². The zero-order valence-corrected chi connectivity index (χ0v) is 11.0. The van der Waals surface area contributed by atoms with Crippen molar-refractivity contribution in [2.45, 2.75) is 12.8 Å². The number of para-hydroxylation sites is 1. The van der Waals surface area contributed by atoms with E-state index in [-0.39, 0.29) is 0 Å². The van der Waals surface area contributed by atoms with E-state index < -0.39 is 0 Å². The fourth-order valence-electron chi connectivity index (χ4n) is 1.96. The van der Waals surface area contributed by atoms with Gasteiger partial charge in [-0.1, -0.05) is 23.4 Å². The smallest absolute Gasteiger partial charge is 0.227 e. The lowest BCUT2D eigenvalue weighted by atomic mass is 10.3. The first kappa shape index (κ1) is 12.5. The number of nitrogens with zero attached hydrogens (tertiary/aromatic N) is 2. The first-order valence-electron chi connectivity index (χ1n) is 6.67. The van der Waals surface area contributed by atoms with Crippen molar-refractivity contribution in [1.82, 2.24) is 15.1 Å². The van der Waals surface area contributed by atoms with Gasteiger partial charge in [0.2, 0.25) is 11.7 Å². The lowest BCUT2D eigenvalue weighted by molar-refractivity contribution is 0.377. The van der Waals surface area contributed by atoms with E-state index in [2.05, 4.69) is 32.6 Å². The number of nitrogens with one attached hydrogen (secondary N) is 2. The quantitative estimate of drug-likeness (QED) is 0.674. The van der Waals surface area contributed by atoms with Crippen LogP contribution in [0.5, 0.6) is 0 Å². The van der Waals surface area contributed by atoms with Crippen molar-refractivity contribution in [2.75, 3.05) is 11.9 Å². The van der Waals surface area contributed by atoms with E-state index in [1.54, 1.807) is 0 Å². The molecular weight excluding hydrogens is 252 g/mol. The molecule has 102 valence electrons. The van der Waals surface area contributed by atoms with Crippen LogP contribution in [0.25, 0.3) is 11.5 Å². The zero-order chi connectivity index (χ0) is 13.6. The maximum Gasteiger partial charge on any atom is 0.227 e. The largest absolute Gasteiger partial charge is 0.385 e. The van der Waals surface area contributed by atoms with Gasteiger partial charge in [0, 0.05) is 24.8 Å². The Bertz CT molecular complexity index is 631. The minimum atomic E-state index is 0.612. The molecule has 5 nitrogen and oxygen atoms in total. The van der Waals surface area contributed by atoms with E-state index in [1.807, 2.05) is 36.5 Å². The fourth-order valence-corrected chi connectivity index (χ4v) is 1.96. The number of hydrogen-bond donors (Lipinski definition) is 2. The van der Waals surface area contributed by atoms with Crippen molar-refractivity contribution in [3.05, 3.63) is 54.6 Å². The molecule has 0 spiro atoms. The van der Waals surface area contributed by atoms with Gasteiger partial charge in [0.25, 0.3) is 0 Å². The third-order valence-electron chi connectivity index (χ3n) is 2.98. The molecular formula is C15H16N4O. The molecule has 3 rings (SSSR count). The number of aromatic nitrogens is 3. The zero-order valence-electron chi connectivity index (χ0n) is 11.0. The average molecular weight is 268 g/mol. The molecule has 20 heavy (non-hydrogen) atoms. The average Bonchev–Trinajstić information content (AvgIpc) is 3.15. The number of H-pyrrole nitrogens is 1. The van der Waals surface area contributed by atoms with Gasteiger partial charge in [0.1, 0.15) is 0 Å². The fraction of sp³-hybridized carbons (Fsp3) is 0.200. The summed E-state index contributed by atoms with van der Waals surface area (Å²) in [6, 6.07) is 14.0. The molecule has 0 saturated heterocycles. The van der Waals surface area contributed by atoms with Crippen molar-refractivity contribution in [3.63, 3.8) is 0 Å². The van der Waals surface area contributed by atoms with E-state index >= 15 is 0 Å². The van der Waals surface area contributed by atoms with Crippen molar-refractivity contribution >= 4 is 5.69 Å². The molecule has 5 heteroatoms.